The molecule has 1 saturated heterocycles. The number of alkyl halides is 3. The van der Waals surface area contributed by atoms with E-state index in [-0.39, 0.29) is 24.5 Å². The first-order chi connectivity index (χ1) is 13.2. The van der Waals surface area contributed by atoms with Crippen LogP contribution >= 0.6 is 0 Å². The maximum absolute atomic E-state index is 12.9. The first-order valence-corrected chi connectivity index (χ1v) is 9.36. The van der Waals surface area contributed by atoms with Crippen molar-refractivity contribution < 1.29 is 18.0 Å². The number of nitrogens with zero attached hydrogens (tertiary/aromatic N) is 3. The second kappa shape index (κ2) is 6.58. The lowest BCUT2D eigenvalue weighted by Gasteiger charge is -2.36. The van der Waals surface area contributed by atoms with E-state index in [1.54, 1.807) is 0 Å². The van der Waals surface area contributed by atoms with Crippen LogP contribution in [0.15, 0.2) is 24.3 Å². The van der Waals surface area contributed by atoms with E-state index < -0.39 is 17.3 Å². The monoisotopic (exact) mass is 393 g/mol. The Kier molecular flexibility index (Phi) is 4.45. The van der Waals surface area contributed by atoms with Gasteiger partial charge in [0.2, 0.25) is 5.91 Å². The zero-order chi connectivity index (χ0) is 20.1. The van der Waals surface area contributed by atoms with Crippen LogP contribution in [0.1, 0.15) is 61.7 Å². The molecule has 3 heterocycles. The molecule has 2 aliphatic rings. The Morgan fingerprint density at radius 3 is 2.61 bits per heavy atom. The van der Waals surface area contributed by atoms with Crippen molar-refractivity contribution in [1.29, 1.82) is 0 Å². The number of carbonyl (C=O) groups is 1. The summed E-state index contributed by atoms with van der Waals surface area (Å²) in [6, 6.07) is 5.05. The number of benzene rings is 1. The van der Waals surface area contributed by atoms with E-state index in [9.17, 15) is 18.0 Å². The van der Waals surface area contributed by atoms with Gasteiger partial charge < -0.3 is 5.32 Å². The molecule has 0 radical (unpaired) electrons. The quantitative estimate of drug-likeness (QED) is 0.823. The van der Waals surface area contributed by atoms with Crippen molar-refractivity contribution in [3.63, 3.8) is 0 Å². The molecule has 150 valence electrons. The fourth-order valence-electron chi connectivity index (χ4n) is 4.27. The number of aromatic nitrogens is 3. The van der Waals surface area contributed by atoms with E-state index in [1.807, 2.05) is 18.5 Å². The average Bonchev–Trinajstić information content (AvgIpc) is 3.06. The Morgan fingerprint density at radius 2 is 1.96 bits per heavy atom. The van der Waals surface area contributed by atoms with Crippen LogP contribution in [0.2, 0.25) is 0 Å². The Labute approximate surface area is 160 Å². The molecule has 0 aliphatic carbocycles. The molecule has 3 atom stereocenters. The topological polar surface area (TPSA) is 71.8 Å². The van der Waals surface area contributed by atoms with Crippen LogP contribution in [-0.4, -0.2) is 27.1 Å². The SMILES string of the molecule is CC1NC(=O)CC(c2nnn3c2CCC[C@@]3(C)c2ccc(C(F)(F)F)cc2)N1. The number of nitrogens with one attached hydrogen (secondary N) is 2. The van der Waals surface area contributed by atoms with Crippen LogP contribution < -0.4 is 10.6 Å². The maximum atomic E-state index is 12.9. The molecule has 4 rings (SSSR count). The number of amides is 1. The zero-order valence-electron chi connectivity index (χ0n) is 15.7. The molecule has 1 aromatic heterocycles. The minimum absolute atomic E-state index is 0.0423. The van der Waals surface area contributed by atoms with Crippen molar-refractivity contribution in [2.24, 2.45) is 0 Å². The molecule has 2 N–H and O–H groups in total. The van der Waals surface area contributed by atoms with Crippen LogP contribution in [0.25, 0.3) is 0 Å². The lowest BCUT2D eigenvalue weighted by Crippen LogP contribution is -2.51. The summed E-state index contributed by atoms with van der Waals surface area (Å²) in [5, 5.41) is 14.8. The largest absolute Gasteiger partial charge is 0.416 e. The van der Waals surface area contributed by atoms with Crippen LogP contribution in [-0.2, 0) is 22.9 Å². The van der Waals surface area contributed by atoms with E-state index >= 15 is 0 Å². The third kappa shape index (κ3) is 3.17. The second-order valence-electron chi connectivity index (χ2n) is 7.75. The van der Waals surface area contributed by atoms with Gasteiger partial charge in [-0.15, -0.1) is 5.10 Å². The molecule has 9 heteroatoms. The summed E-state index contributed by atoms with van der Waals surface area (Å²) >= 11 is 0. The Bertz CT molecular complexity index is 892. The molecule has 6 nitrogen and oxygen atoms in total. The molecular weight excluding hydrogens is 371 g/mol. The fourth-order valence-corrected chi connectivity index (χ4v) is 4.27. The van der Waals surface area contributed by atoms with Crippen molar-refractivity contribution >= 4 is 5.91 Å². The van der Waals surface area contributed by atoms with Crippen molar-refractivity contribution in [3.8, 4) is 0 Å². The van der Waals surface area contributed by atoms with Crippen LogP contribution in [0.5, 0.6) is 0 Å². The van der Waals surface area contributed by atoms with Crippen LogP contribution in [0.4, 0.5) is 13.2 Å². The average molecular weight is 393 g/mol. The molecule has 1 fully saturated rings. The molecule has 2 aliphatic heterocycles. The highest BCUT2D eigenvalue weighted by molar-refractivity contribution is 5.77. The summed E-state index contributed by atoms with van der Waals surface area (Å²) in [7, 11) is 0. The summed E-state index contributed by atoms with van der Waals surface area (Å²) < 4.78 is 40.5. The molecule has 2 unspecified atom stereocenters. The van der Waals surface area contributed by atoms with Gasteiger partial charge in [0.05, 0.1) is 29.0 Å². The third-order valence-electron chi connectivity index (χ3n) is 5.72. The van der Waals surface area contributed by atoms with Gasteiger partial charge in [-0.05, 0) is 50.8 Å². The van der Waals surface area contributed by atoms with Gasteiger partial charge in [-0.25, -0.2) is 4.68 Å². The number of hydrogen-bond donors (Lipinski definition) is 2. The number of hydrogen-bond acceptors (Lipinski definition) is 4. The van der Waals surface area contributed by atoms with Crippen molar-refractivity contribution in [3.05, 3.63) is 46.8 Å². The van der Waals surface area contributed by atoms with E-state index in [1.165, 1.54) is 12.1 Å². The fraction of sp³-hybridized carbons (Fsp3) is 0.526. The zero-order valence-corrected chi connectivity index (χ0v) is 15.7. The lowest BCUT2D eigenvalue weighted by molar-refractivity contribution is -0.137. The maximum Gasteiger partial charge on any atom is 0.416 e. The van der Waals surface area contributed by atoms with Gasteiger partial charge in [-0.3, -0.25) is 10.1 Å². The van der Waals surface area contributed by atoms with Gasteiger partial charge in [0.1, 0.15) is 5.69 Å². The third-order valence-corrected chi connectivity index (χ3v) is 5.72. The van der Waals surface area contributed by atoms with Gasteiger partial charge in [-0.2, -0.15) is 13.2 Å². The van der Waals surface area contributed by atoms with Crippen molar-refractivity contribution in [2.45, 2.75) is 63.5 Å². The van der Waals surface area contributed by atoms with Gasteiger partial charge in [-0.1, -0.05) is 17.3 Å². The normalized spacial score (nSPS) is 28.0. The molecular formula is C19H22F3N5O. The van der Waals surface area contributed by atoms with Gasteiger partial charge >= 0.3 is 6.18 Å². The Morgan fingerprint density at radius 1 is 1.25 bits per heavy atom. The second-order valence-corrected chi connectivity index (χ2v) is 7.75. The molecule has 0 spiro atoms. The first kappa shape index (κ1) is 18.9. The highest BCUT2D eigenvalue weighted by Gasteiger charge is 2.39. The van der Waals surface area contributed by atoms with E-state index in [4.69, 9.17) is 0 Å². The predicted molar refractivity (Wildman–Crippen MR) is 95.3 cm³/mol. The van der Waals surface area contributed by atoms with E-state index in [2.05, 4.69) is 20.9 Å². The number of rotatable bonds is 2. The number of halogens is 3. The van der Waals surface area contributed by atoms with Gasteiger partial charge in [0, 0.05) is 6.42 Å². The Balaban J connectivity index is 1.69. The van der Waals surface area contributed by atoms with Gasteiger partial charge in [0.15, 0.2) is 0 Å². The molecule has 1 aromatic carbocycles. The highest BCUT2D eigenvalue weighted by Crippen LogP contribution is 2.39. The first-order valence-electron chi connectivity index (χ1n) is 9.36. The van der Waals surface area contributed by atoms with Crippen molar-refractivity contribution in [2.75, 3.05) is 0 Å². The summed E-state index contributed by atoms with van der Waals surface area (Å²) in [5.41, 5.74) is 1.21. The Hall–Kier alpha value is -2.42. The van der Waals surface area contributed by atoms with E-state index in [0.717, 1.165) is 48.3 Å². The van der Waals surface area contributed by atoms with E-state index in [0.29, 0.717) is 0 Å². The summed E-state index contributed by atoms with van der Waals surface area (Å²) in [6.07, 6.45) is -1.84. The van der Waals surface area contributed by atoms with Crippen molar-refractivity contribution in [1.82, 2.24) is 25.6 Å². The standard InChI is InChI=1S/C19H22F3N5O/c1-11-23-14(10-16(28)24-11)17-15-4-3-9-18(2,27(15)26-25-17)12-5-7-13(8-6-12)19(20,21)22/h5-8,11,14,23H,3-4,9-10H2,1-2H3,(H,24,28)/t11?,14?,18-/m0/s1. The minimum Gasteiger partial charge on any atom is -0.341 e. The van der Waals surface area contributed by atoms with Gasteiger partial charge in [0.25, 0.3) is 0 Å². The summed E-state index contributed by atoms with van der Waals surface area (Å²) in [6.45, 7) is 3.84. The predicted octanol–water partition coefficient (Wildman–Crippen LogP) is 2.89. The summed E-state index contributed by atoms with van der Waals surface area (Å²) in [5.74, 6) is -0.0423. The number of carbonyl (C=O) groups excluding carboxylic acids is 1. The smallest absolute Gasteiger partial charge is 0.341 e. The molecule has 2 aromatic rings. The molecule has 1 amide bonds. The minimum atomic E-state index is -4.36. The number of fused-ring (bicyclic) bond motifs is 1. The van der Waals surface area contributed by atoms with Crippen LogP contribution in [0.3, 0.4) is 0 Å². The van der Waals surface area contributed by atoms with Crippen LogP contribution in [0, 0.1) is 0 Å². The lowest BCUT2D eigenvalue weighted by atomic mass is 9.82. The highest BCUT2D eigenvalue weighted by atomic mass is 19.4. The molecule has 0 bridgehead atoms. The molecule has 28 heavy (non-hydrogen) atoms. The summed E-state index contributed by atoms with van der Waals surface area (Å²) in [4.78, 5) is 11.9. The molecule has 0 saturated carbocycles.